The van der Waals surface area contributed by atoms with E-state index in [1.54, 1.807) is 11.0 Å². The van der Waals surface area contributed by atoms with Crippen molar-refractivity contribution in [3.63, 3.8) is 0 Å². The lowest BCUT2D eigenvalue weighted by molar-refractivity contribution is -0.158. The fourth-order valence-electron chi connectivity index (χ4n) is 4.01. The van der Waals surface area contributed by atoms with Crippen molar-refractivity contribution in [2.75, 3.05) is 13.1 Å². The second kappa shape index (κ2) is 10.6. The molecule has 1 amide bonds. The summed E-state index contributed by atoms with van der Waals surface area (Å²) in [5.41, 5.74) is 0.311. The molecule has 0 bridgehead atoms. The molecule has 1 aliphatic rings. The van der Waals surface area contributed by atoms with Crippen molar-refractivity contribution in [3.05, 3.63) is 23.3 Å². The number of ether oxygens (including phenoxy) is 1. The average Bonchev–Trinajstić information content (AvgIpc) is 2.65. The molecule has 0 radical (unpaired) electrons. The van der Waals surface area contributed by atoms with Gasteiger partial charge in [0.2, 0.25) is 0 Å². The van der Waals surface area contributed by atoms with E-state index in [0.29, 0.717) is 43.8 Å². The maximum absolute atomic E-state index is 13.0. The normalized spacial score (nSPS) is 16.5. The van der Waals surface area contributed by atoms with Crippen LogP contribution < -0.4 is 5.32 Å². The highest BCUT2D eigenvalue weighted by Gasteiger charge is 2.31. The number of rotatable bonds is 7. The van der Waals surface area contributed by atoms with Crippen LogP contribution in [0.3, 0.4) is 0 Å². The SMILES string of the molecule is CC(C)C[C@@H](NC1CCN(C(=O)c2cc(C(C)C)c(O)cc2O)CC1)C(=O)OC(C)(C)C. The summed E-state index contributed by atoms with van der Waals surface area (Å²) in [5, 5.41) is 23.7. The van der Waals surface area contributed by atoms with Crippen LogP contribution in [0.5, 0.6) is 11.5 Å². The van der Waals surface area contributed by atoms with E-state index < -0.39 is 5.60 Å². The van der Waals surface area contributed by atoms with E-state index in [-0.39, 0.29) is 46.9 Å². The zero-order valence-corrected chi connectivity index (χ0v) is 20.6. The van der Waals surface area contributed by atoms with E-state index in [4.69, 9.17) is 4.74 Å². The summed E-state index contributed by atoms with van der Waals surface area (Å²) < 4.78 is 5.60. The van der Waals surface area contributed by atoms with E-state index in [0.717, 1.165) is 0 Å². The summed E-state index contributed by atoms with van der Waals surface area (Å²) in [6, 6.07) is 2.56. The summed E-state index contributed by atoms with van der Waals surface area (Å²) >= 11 is 0. The number of likely N-dealkylation sites (tertiary alicyclic amines) is 1. The standard InChI is InChI=1S/C25H40N2O5/c1-15(2)12-20(24(31)32-25(5,6)7)26-17-8-10-27(11-9-17)23(30)19-13-18(16(3)4)21(28)14-22(19)29/h13-17,20,26,28-29H,8-12H2,1-7H3/t20-/m1/s1. The van der Waals surface area contributed by atoms with Crippen LogP contribution in [0.25, 0.3) is 0 Å². The molecule has 0 spiro atoms. The Bertz CT molecular complexity index is 805. The van der Waals surface area contributed by atoms with Gasteiger partial charge in [0.05, 0.1) is 5.56 Å². The molecule has 2 rings (SSSR count). The minimum atomic E-state index is -0.537. The van der Waals surface area contributed by atoms with Gasteiger partial charge >= 0.3 is 5.97 Å². The minimum Gasteiger partial charge on any atom is -0.508 e. The molecule has 7 heteroatoms. The number of carbonyl (C=O) groups is 2. The lowest BCUT2D eigenvalue weighted by atomic mass is 9.97. The Hall–Kier alpha value is -2.28. The molecule has 1 aliphatic heterocycles. The molecule has 0 aromatic heterocycles. The molecule has 32 heavy (non-hydrogen) atoms. The highest BCUT2D eigenvalue weighted by Crippen LogP contribution is 2.33. The Labute approximate surface area is 192 Å². The van der Waals surface area contributed by atoms with Gasteiger partial charge in [-0.3, -0.25) is 9.59 Å². The Morgan fingerprint density at radius 1 is 1.09 bits per heavy atom. The fourth-order valence-corrected chi connectivity index (χ4v) is 4.01. The largest absolute Gasteiger partial charge is 0.508 e. The zero-order valence-electron chi connectivity index (χ0n) is 20.6. The van der Waals surface area contributed by atoms with E-state index in [9.17, 15) is 19.8 Å². The predicted molar refractivity (Wildman–Crippen MR) is 125 cm³/mol. The molecule has 7 nitrogen and oxygen atoms in total. The number of aromatic hydroxyl groups is 2. The van der Waals surface area contributed by atoms with Gasteiger partial charge < -0.3 is 25.2 Å². The van der Waals surface area contributed by atoms with Crippen LogP contribution in [0.4, 0.5) is 0 Å². The molecular weight excluding hydrogens is 408 g/mol. The van der Waals surface area contributed by atoms with Crippen molar-refractivity contribution < 1.29 is 24.5 Å². The van der Waals surface area contributed by atoms with Crippen molar-refractivity contribution in [2.45, 2.75) is 91.3 Å². The van der Waals surface area contributed by atoms with E-state index in [1.165, 1.54) is 6.07 Å². The van der Waals surface area contributed by atoms with Gasteiger partial charge in [-0.05, 0) is 63.5 Å². The Kier molecular flexibility index (Phi) is 8.57. The smallest absolute Gasteiger partial charge is 0.323 e. The van der Waals surface area contributed by atoms with Gasteiger partial charge in [0.25, 0.3) is 5.91 Å². The Morgan fingerprint density at radius 3 is 2.19 bits per heavy atom. The van der Waals surface area contributed by atoms with Crippen molar-refractivity contribution >= 4 is 11.9 Å². The second-order valence-electron chi connectivity index (χ2n) is 10.5. The van der Waals surface area contributed by atoms with Gasteiger partial charge in [0.1, 0.15) is 23.1 Å². The number of hydrogen-bond acceptors (Lipinski definition) is 6. The Balaban J connectivity index is 2.03. The predicted octanol–water partition coefficient (Wildman–Crippen LogP) is 4.17. The molecule has 3 N–H and O–H groups in total. The number of phenols is 2. The summed E-state index contributed by atoms with van der Waals surface area (Å²) in [7, 11) is 0. The highest BCUT2D eigenvalue weighted by atomic mass is 16.6. The molecule has 1 heterocycles. The van der Waals surface area contributed by atoms with Gasteiger partial charge in [-0.1, -0.05) is 27.7 Å². The third kappa shape index (κ3) is 7.12. The first-order chi connectivity index (χ1) is 14.8. The van der Waals surface area contributed by atoms with Crippen LogP contribution in [-0.2, 0) is 9.53 Å². The molecule has 1 saturated heterocycles. The van der Waals surface area contributed by atoms with Gasteiger partial charge in [-0.15, -0.1) is 0 Å². The summed E-state index contributed by atoms with van der Waals surface area (Å²) in [6.07, 6.45) is 2.10. The van der Waals surface area contributed by atoms with Crippen LogP contribution >= 0.6 is 0 Å². The van der Waals surface area contributed by atoms with Crippen molar-refractivity contribution in [1.29, 1.82) is 0 Å². The molecular formula is C25H40N2O5. The molecule has 0 aliphatic carbocycles. The quantitative estimate of drug-likeness (QED) is 0.542. The van der Waals surface area contributed by atoms with Crippen LogP contribution in [0.1, 0.15) is 89.6 Å². The number of esters is 1. The van der Waals surface area contributed by atoms with Gasteiger partial charge in [-0.25, -0.2) is 0 Å². The molecule has 0 saturated carbocycles. The van der Waals surface area contributed by atoms with E-state index >= 15 is 0 Å². The van der Waals surface area contributed by atoms with E-state index in [2.05, 4.69) is 19.2 Å². The Morgan fingerprint density at radius 2 is 1.69 bits per heavy atom. The molecule has 1 atom stereocenters. The number of amides is 1. The maximum Gasteiger partial charge on any atom is 0.323 e. The lowest BCUT2D eigenvalue weighted by Crippen LogP contribution is -2.51. The third-order valence-electron chi connectivity index (χ3n) is 5.61. The number of piperidine rings is 1. The first-order valence-electron chi connectivity index (χ1n) is 11.6. The topological polar surface area (TPSA) is 99.1 Å². The number of nitrogens with zero attached hydrogens (tertiary/aromatic N) is 1. The molecule has 180 valence electrons. The van der Waals surface area contributed by atoms with Gasteiger partial charge in [0.15, 0.2) is 0 Å². The number of benzene rings is 1. The molecule has 0 unspecified atom stereocenters. The van der Waals surface area contributed by atoms with Crippen LogP contribution in [0.15, 0.2) is 12.1 Å². The second-order valence-corrected chi connectivity index (χ2v) is 10.5. The van der Waals surface area contributed by atoms with Crippen LogP contribution in [0.2, 0.25) is 0 Å². The molecule has 1 aromatic rings. The number of phenolic OH excluding ortho intramolecular Hbond substituents is 2. The first kappa shape index (κ1) is 26.0. The maximum atomic E-state index is 13.0. The summed E-state index contributed by atoms with van der Waals surface area (Å²) in [6.45, 7) is 14.7. The molecule has 1 fully saturated rings. The molecule has 1 aromatic carbocycles. The first-order valence-corrected chi connectivity index (χ1v) is 11.6. The van der Waals surface area contributed by atoms with Crippen molar-refractivity contribution in [2.24, 2.45) is 5.92 Å². The van der Waals surface area contributed by atoms with Crippen molar-refractivity contribution in [3.8, 4) is 11.5 Å². The monoisotopic (exact) mass is 448 g/mol. The van der Waals surface area contributed by atoms with Crippen LogP contribution in [-0.4, -0.2) is 57.8 Å². The summed E-state index contributed by atoms with van der Waals surface area (Å²) in [4.78, 5) is 27.4. The minimum absolute atomic E-state index is 0.00436. The lowest BCUT2D eigenvalue weighted by Gasteiger charge is -2.35. The zero-order chi connectivity index (χ0) is 24.2. The van der Waals surface area contributed by atoms with Crippen LogP contribution in [0, 0.1) is 5.92 Å². The third-order valence-corrected chi connectivity index (χ3v) is 5.61. The summed E-state index contributed by atoms with van der Waals surface area (Å²) in [5.74, 6) is -0.319. The fraction of sp³-hybridized carbons (Fsp3) is 0.680. The van der Waals surface area contributed by atoms with Gasteiger partial charge in [0, 0.05) is 25.2 Å². The number of nitrogens with one attached hydrogen (secondary N) is 1. The van der Waals surface area contributed by atoms with Gasteiger partial charge in [-0.2, -0.15) is 0 Å². The average molecular weight is 449 g/mol. The van der Waals surface area contributed by atoms with Crippen molar-refractivity contribution in [1.82, 2.24) is 10.2 Å². The highest BCUT2D eigenvalue weighted by molar-refractivity contribution is 5.97. The number of carbonyl (C=O) groups excluding carboxylic acids is 2. The van der Waals surface area contributed by atoms with E-state index in [1.807, 2.05) is 34.6 Å². The number of hydrogen-bond donors (Lipinski definition) is 3.